The Hall–Kier alpha value is 0.310. The van der Waals surface area contributed by atoms with Gasteiger partial charge in [0, 0.05) is 11.3 Å². The monoisotopic (exact) mass is 229 g/mol. The molecular formula is C13H27NS. The zero-order valence-electron chi connectivity index (χ0n) is 10.8. The highest BCUT2D eigenvalue weighted by Crippen LogP contribution is 2.41. The maximum absolute atomic E-state index is 6.20. The lowest BCUT2D eigenvalue weighted by Gasteiger charge is -2.40. The lowest BCUT2D eigenvalue weighted by molar-refractivity contribution is 0.174. The van der Waals surface area contributed by atoms with Crippen LogP contribution < -0.4 is 5.73 Å². The number of hydrogen-bond acceptors (Lipinski definition) is 2. The van der Waals surface area contributed by atoms with Crippen molar-refractivity contribution in [1.29, 1.82) is 0 Å². The van der Waals surface area contributed by atoms with E-state index in [2.05, 4.69) is 39.5 Å². The third kappa shape index (κ3) is 3.99. The van der Waals surface area contributed by atoms with Crippen molar-refractivity contribution in [3.63, 3.8) is 0 Å². The molecule has 0 aromatic rings. The van der Waals surface area contributed by atoms with Gasteiger partial charge in [-0.3, -0.25) is 0 Å². The van der Waals surface area contributed by atoms with Crippen LogP contribution >= 0.6 is 11.8 Å². The summed E-state index contributed by atoms with van der Waals surface area (Å²) in [5, 5.41) is 0.711. The second kappa shape index (κ2) is 5.58. The van der Waals surface area contributed by atoms with Gasteiger partial charge in [-0.2, -0.15) is 11.8 Å². The molecule has 0 aromatic carbocycles. The molecule has 0 amide bonds. The van der Waals surface area contributed by atoms with Gasteiger partial charge >= 0.3 is 0 Å². The molecular weight excluding hydrogens is 202 g/mol. The van der Waals surface area contributed by atoms with Gasteiger partial charge in [-0.05, 0) is 42.8 Å². The Morgan fingerprint density at radius 2 is 1.93 bits per heavy atom. The van der Waals surface area contributed by atoms with E-state index in [0.717, 1.165) is 5.92 Å². The van der Waals surface area contributed by atoms with Crippen molar-refractivity contribution in [2.45, 2.75) is 64.7 Å². The molecule has 1 aliphatic rings. The van der Waals surface area contributed by atoms with Gasteiger partial charge in [-0.1, -0.05) is 27.7 Å². The molecule has 0 bridgehead atoms. The number of hydrogen-bond donors (Lipinski definition) is 1. The molecule has 3 atom stereocenters. The van der Waals surface area contributed by atoms with Gasteiger partial charge in [0.2, 0.25) is 0 Å². The Balaban J connectivity index is 2.48. The Morgan fingerprint density at radius 1 is 1.27 bits per heavy atom. The molecule has 1 saturated carbocycles. The van der Waals surface area contributed by atoms with Crippen LogP contribution in [0.25, 0.3) is 0 Å². The minimum absolute atomic E-state index is 0.445. The van der Waals surface area contributed by atoms with E-state index < -0.39 is 0 Å². The molecule has 2 N–H and O–H groups in total. The highest BCUT2D eigenvalue weighted by Gasteiger charge is 2.34. The van der Waals surface area contributed by atoms with E-state index in [1.807, 2.05) is 0 Å². The third-order valence-electron chi connectivity index (χ3n) is 3.60. The van der Waals surface area contributed by atoms with Gasteiger partial charge in [0.05, 0.1) is 0 Å². The van der Waals surface area contributed by atoms with Gasteiger partial charge in [-0.25, -0.2) is 0 Å². The molecule has 0 spiro atoms. The van der Waals surface area contributed by atoms with E-state index in [-0.39, 0.29) is 0 Å². The van der Waals surface area contributed by atoms with Crippen molar-refractivity contribution in [2.75, 3.05) is 5.75 Å². The zero-order chi connectivity index (χ0) is 11.5. The first-order valence-electron chi connectivity index (χ1n) is 6.32. The highest BCUT2D eigenvalue weighted by atomic mass is 32.2. The SMILES string of the molecule is CCCSC1CC(C(C)(C)C)CCC1N. The molecule has 2 heteroatoms. The van der Waals surface area contributed by atoms with E-state index in [9.17, 15) is 0 Å². The molecule has 0 aliphatic heterocycles. The first-order chi connectivity index (χ1) is 6.95. The Bertz CT molecular complexity index is 185. The molecule has 0 saturated heterocycles. The maximum atomic E-state index is 6.20. The van der Waals surface area contributed by atoms with Crippen molar-refractivity contribution < 1.29 is 0 Å². The van der Waals surface area contributed by atoms with Crippen LogP contribution in [0.4, 0.5) is 0 Å². The summed E-state index contributed by atoms with van der Waals surface area (Å²) in [6.45, 7) is 9.37. The summed E-state index contributed by atoms with van der Waals surface area (Å²) in [5.41, 5.74) is 6.67. The normalized spacial score (nSPS) is 33.0. The number of rotatable bonds is 3. The fraction of sp³-hybridized carbons (Fsp3) is 1.00. The molecule has 3 unspecified atom stereocenters. The van der Waals surface area contributed by atoms with Crippen molar-refractivity contribution >= 4 is 11.8 Å². The average molecular weight is 229 g/mol. The quantitative estimate of drug-likeness (QED) is 0.799. The fourth-order valence-corrected chi connectivity index (χ4v) is 3.69. The van der Waals surface area contributed by atoms with Crippen LogP contribution in [0.3, 0.4) is 0 Å². The van der Waals surface area contributed by atoms with Crippen LogP contribution in [-0.4, -0.2) is 17.0 Å². The van der Waals surface area contributed by atoms with Crippen molar-refractivity contribution in [1.82, 2.24) is 0 Å². The Morgan fingerprint density at radius 3 is 2.47 bits per heavy atom. The summed E-state index contributed by atoms with van der Waals surface area (Å²) in [4.78, 5) is 0. The maximum Gasteiger partial charge on any atom is 0.0201 e. The summed E-state index contributed by atoms with van der Waals surface area (Å²) >= 11 is 2.10. The van der Waals surface area contributed by atoms with Crippen LogP contribution in [0, 0.1) is 11.3 Å². The van der Waals surface area contributed by atoms with Crippen LogP contribution in [0.2, 0.25) is 0 Å². The lowest BCUT2D eigenvalue weighted by Crippen LogP contribution is -2.41. The minimum Gasteiger partial charge on any atom is -0.327 e. The second-order valence-electron chi connectivity index (χ2n) is 5.95. The first-order valence-corrected chi connectivity index (χ1v) is 7.37. The second-order valence-corrected chi connectivity index (χ2v) is 7.30. The van der Waals surface area contributed by atoms with Gasteiger partial charge < -0.3 is 5.73 Å². The van der Waals surface area contributed by atoms with Gasteiger partial charge in [0.15, 0.2) is 0 Å². The van der Waals surface area contributed by atoms with E-state index in [1.54, 1.807) is 0 Å². The predicted octanol–water partition coefficient (Wildman–Crippen LogP) is 3.67. The topological polar surface area (TPSA) is 26.0 Å². The summed E-state index contributed by atoms with van der Waals surface area (Å²) in [6, 6.07) is 0.445. The van der Waals surface area contributed by atoms with Gasteiger partial charge in [0.1, 0.15) is 0 Å². The van der Waals surface area contributed by atoms with E-state index in [1.165, 1.54) is 31.4 Å². The van der Waals surface area contributed by atoms with E-state index in [4.69, 9.17) is 5.73 Å². The summed E-state index contributed by atoms with van der Waals surface area (Å²) < 4.78 is 0. The van der Waals surface area contributed by atoms with E-state index >= 15 is 0 Å². The molecule has 1 aliphatic carbocycles. The summed E-state index contributed by atoms with van der Waals surface area (Å²) in [5.74, 6) is 2.14. The van der Waals surface area contributed by atoms with E-state index in [0.29, 0.717) is 16.7 Å². The smallest absolute Gasteiger partial charge is 0.0201 e. The van der Waals surface area contributed by atoms with Crippen molar-refractivity contribution in [3.8, 4) is 0 Å². The number of thioether (sulfide) groups is 1. The zero-order valence-corrected chi connectivity index (χ0v) is 11.6. The molecule has 1 fully saturated rings. The van der Waals surface area contributed by atoms with Crippen LogP contribution in [-0.2, 0) is 0 Å². The lowest BCUT2D eigenvalue weighted by atomic mass is 9.71. The Labute approximate surface area is 99.6 Å². The van der Waals surface area contributed by atoms with Crippen molar-refractivity contribution in [2.24, 2.45) is 17.1 Å². The molecule has 1 nitrogen and oxygen atoms in total. The molecule has 0 radical (unpaired) electrons. The van der Waals surface area contributed by atoms with Crippen LogP contribution in [0.1, 0.15) is 53.4 Å². The highest BCUT2D eigenvalue weighted by molar-refractivity contribution is 7.99. The minimum atomic E-state index is 0.445. The average Bonchev–Trinajstić information content (AvgIpc) is 2.15. The van der Waals surface area contributed by atoms with Crippen molar-refractivity contribution in [3.05, 3.63) is 0 Å². The third-order valence-corrected chi connectivity index (χ3v) is 5.22. The summed E-state index contributed by atoms with van der Waals surface area (Å²) in [7, 11) is 0. The fourth-order valence-electron chi connectivity index (χ4n) is 2.40. The Kier molecular flexibility index (Phi) is 4.98. The predicted molar refractivity (Wildman–Crippen MR) is 71.3 cm³/mol. The molecule has 1 rings (SSSR count). The molecule has 15 heavy (non-hydrogen) atoms. The van der Waals surface area contributed by atoms with Crippen LogP contribution in [0.5, 0.6) is 0 Å². The standard InChI is InChI=1S/C13H27NS/c1-5-8-15-12-9-10(13(2,3)4)6-7-11(12)14/h10-12H,5-9,14H2,1-4H3. The largest absolute Gasteiger partial charge is 0.327 e. The summed E-state index contributed by atoms with van der Waals surface area (Å²) in [6.07, 6.45) is 5.15. The number of nitrogens with two attached hydrogens (primary N) is 1. The van der Waals surface area contributed by atoms with Gasteiger partial charge in [-0.15, -0.1) is 0 Å². The first kappa shape index (κ1) is 13.4. The molecule has 0 aromatic heterocycles. The van der Waals surface area contributed by atoms with Crippen LogP contribution in [0.15, 0.2) is 0 Å². The molecule has 0 heterocycles. The molecule has 90 valence electrons. The van der Waals surface area contributed by atoms with Gasteiger partial charge in [0.25, 0.3) is 0 Å².